The first-order valence-corrected chi connectivity index (χ1v) is 8.03. The molecule has 2 rings (SSSR count). The van der Waals surface area contributed by atoms with E-state index in [1.54, 1.807) is 17.5 Å². The van der Waals surface area contributed by atoms with Crippen LogP contribution in [0, 0.1) is 5.92 Å². The van der Waals surface area contributed by atoms with Gasteiger partial charge in [0.15, 0.2) is 0 Å². The highest BCUT2D eigenvalue weighted by molar-refractivity contribution is 7.13. The summed E-state index contributed by atoms with van der Waals surface area (Å²) in [5, 5.41) is 15.3. The number of nitrogens with zero attached hydrogens (tertiary/aromatic N) is 1. The monoisotopic (exact) mass is 306 g/mol. The molecule has 21 heavy (non-hydrogen) atoms. The van der Waals surface area contributed by atoms with Crippen LogP contribution in [0.15, 0.2) is 23.7 Å². The average Bonchev–Trinajstić information content (AvgIpc) is 3.11. The molecule has 5 nitrogen and oxygen atoms in total. The fraction of sp³-hybridized carbons (Fsp3) is 0.467. The van der Waals surface area contributed by atoms with Gasteiger partial charge in [-0.15, -0.1) is 11.3 Å². The highest BCUT2D eigenvalue weighted by Crippen LogP contribution is 2.25. The van der Waals surface area contributed by atoms with Gasteiger partial charge in [-0.25, -0.2) is 0 Å². The number of thiophene rings is 1. The molecule has 0 aliphatic carbocycles. The van der Waals surface area contributed by atoms with E-state index in [4.69, 9.17) is 0 Å². The first-order valence-electron chi connectivity index (χ1n) is 7.15. The quantitative estimate of drug-likeness (QED) is 0.735. The van der Waals surface area contributed by atoms with E-state index in [-0.39, 0.29) is 11.9 Å². The lowest BCUT2D eigenvalue weighted by atomic mass is 10.2. The average molecular weight is 306 g/mol. The Balaban J connectivity index is 1.89. The van der Waals surface area contributed by atoms with Gasteiger partial charge in [0.05, 0.1) is 22.8 Å². The van der Waals surface area contributed by atoms with E-state index < -0.39 is 0 Å². The van der Waals surface area contributed by atoms with Gasteiger partial charge < -0.3 is 10.6 Å². The number of aromatic nitrogens is 2. The lowest BCUT2D eigenvalue weighted by molar-refractivity contribution is -0.122. The summed E-state index contributed by atoms with van der Waals surface area (Å²) in [5.41, 5.74) is 2.09. The summed E-state index contributed by atoms with van der Waals surface area (Å²) in [7, 11) is 0. The largest absolute Gasteiger partial charge is 0.354 e. The predicted molar refractivity (Wildman–Crippen MR) is 86.1 cm³/mol. The fourth-order valence-corrected chi connectivity index (χ4v) is 2.65. The van der Waals surface area contributed by atoms with Crippen molar-refractivity contribution in [2.24, 2.45) is 5.92 Å². The van der Waals surface area contributed by atoms with Crippen molar-refractivity contribution in [3.63, 3.8) is 0 Å². The van der Waals surface area contributed by atoms with Crippen LogP contribution in [0.3, 0.4) is 0 Å². The van der Waals surface area contributed by atoms with Gasteiger partial charge in [-0.05, 0) is 24.3 Å². The molecule has 6 heteroatoms. The van der Waals surface area contributed by atoms with Gasteiger partial charge in [-0.2, -0.15) is 5.10 Å². The Morgan fingerprint density at radius 3 is 2.90 bits per heavy atom. The maximum Gasteiger partial charge on any atom is 0.236 e. The second-order valence-electron chi connectivity index (χ2n) is 5.49. The topological polar surface area (TPSA) is 69.8 Å². The van der Waals surface area contributed by atoms with Gasteiger partial charge in [-0.3, -0.25) is 9.89 Å². The van der Waals surface area contributed by atoms with Crippen LogP contribution < -0.4 is 10.6 Å². The van der Waals surface area contributed by atoms with Crippen molar-refractivity contribution >= 4 is 17.2 Å². The second kappa shape index (κ2) is 7.38. The summed E-state index contributed by atoms with van der Waals surface area (Å²) >= 11 is 1.67. The van der Waals surface area contributed by atoms with Crippen molar-refractivity contribution in [2.45, 2.75) is 33.4 Å². The zero-order valence-electron chi connectivity index (χ0n) is 12.6. The molecule has 0 aliphatic heterocycles. The number of H-pyrrole nitrogens is 1. The molecule has 1 amide bonds. The Labute approximate surface area is 129 Å². The summed E-state index contributed by atoms with van der Waals surface area (Å²) < 4.78 is 0. The summed E-state index contributed by atoms with van der Waals surface area (Å²) in [6.07, 6.45) is 1.81. The van der Waals surface area contributed by atoms with Crippen LogP contribution in [-0.2, 0) is 11.3 Å². The van der Waals surface area contributed by atoms with E-state index in [0.29, 0.717) is 19.0 Å². The third kappa shape index (κ3) is 4.41. The molecule has 2 heterocycles. The van der Waals surface area contributed by atoms with E-state index in [1.165, 1.54) is 0 Å². The lowest BCUT2D eigenvalue weighted by Gasteiger charge is -2.15. The normalized spacial score (nSPS) is 12.6. The smallest absolute Gasteiger partial charge is 0.236 e. The van der Waals surface area contributed by atoms with Crippen molar-refractivity contribution in [1.29, 1.82) is 0 Å². The van der Waals surface area contributed by atoms with Gasteiger partial charge in [0, 0.05) is 18.7 Å². The molecular weight excluding hydrogens is 284 g/mol. The highest BCUT2D eigenvalue weighted by atomic mass is 32.1. The first-order chi connectivity index (χ1) is 10.1. The van der Waals surface area contributed by atoms with E-state index in [9.17, 15) is 4.79 Å². The van der Waals surface area contributed by atoms with Crippen molar-refractivity contribution in [3.05, 3.63) is 29.3 Å². The molecule has 2 aromatic rings. The highest BCUT2D eigenvalue weighted by Gasteiger charge is 2.14. The Kier molecular flexibility index (Phi) is 5.52. The molecule has 0 spiro atoms. The predicted octanol–water partition coefficient (Wildman–Crippen LogP) is 2.39. The van der Waals surface area contributed by atoms with Gasteiger partial charge in [-0.1, -0.05) is 19.9 Å². The minimum atomic E-state index is -0.227. The molecule has 0 aromatic carbocycles. The molecule has 114 valence electrons. The van der Waals surface area contributed by atoms with Crippen LogP contribution in [0.1, 0.15) is 26.3 Å². The molecule has 3 N–H and O–H groups in total. The summed E-state index contributed by atoms with van der Waals surface area (Å²) in [4.78, 5) is 13.1. The molecule has 0 saturated carbocycles. The number of carbonyl (C=O) groups excluding carboxylic acids is 1. The second-order valence-corrected chi connectivity index (χ2v) is 6.44. The van der Waals surface area contributed by atoms with Crippen LogP contribution in [0.2, 0.25) is 0 Å². The van der Waals surface area contributed by atoms with Crippen molar-refractivity contribution < 1.29 is 4.79 Å². The molecule has 0 saturated heterocycles. The van der Waals surface area contributed by atoms with Gasteiger partial charge in [0.25, 0.3) is 0 Å². The molecular formula is C15H22N4OS. The summed E-state index contributed by atoms with van der Waals surface area (Å²) in [6, 6.07) is 3.84. The fourth-order valence-electron chi connectivity index (χ4n) is 1.89. The van der Waals surface area contributed by atoms with Crippen LogP contribution in [0.25, 0.3) is 10.6 Å². The Bertz CT molecular complexity index is 562. The van der Waals surface area contributed by atoms with E-state index in [2.05, 4.69) is 40.7 Å². The minimum absolute atomic E-state index is 0.0323. The molecule has 0 aliphatic rings. The number of amides is 1. The molecule has 1 unspecified atom stereocenters. The standard InChI is InChI=1S/C15H22N4OS/c1-10(2)7-17-15(20)11(3)16-8-12-9-18-19-14(12)13-5-4-6-21-13/h4-6,9-11,16H,7-8H2,1-3H3,(H,17,20)(H,18,19). The maximum atomic E-state index is 11.9. The van der Waals surface area contributed by atoms with Crippen LogP contribution in [0.4, 0.5) is 0 Å². The SMILES string of the molecule is CC(C)CNC(=O)C(C)NCc1cn[nH]c1-c1cccs1. The van der Waals surface area contributed by atoms with Crippen LogP contribution in [0.5, 0.6) is 0 Å². The molecule has 0 fully saturated rings. The van der Waals surface area contributed by atoms with E-state index in [0.717, 1.165) is 16.1 Å². The number of hydrogen-bond acceptors (Lipinski definition) is 4. The molecule has 0 bridgehead atoms. The van der Waals surface area contributed by atoms with Crippen LogP contribution >= 0.6 is 11.3 Å². The zero-order valence-corrected chi connectivity index (χ0v) is 13.5. The number of aromatic amines is 1. The van der Waals surface area contributed by atoms with E-state index in [1.807, 2.05) is 18.4 Å². The maximum absolute atomic E-state index is 11.9. The summed E-state index contributed by atoms with van der Waals surface area (Å²) in [6.45, 7) is 7.35. The zero-order chi connectivity index (χ0) is 15.2. The lowest BCUT2D eigenvalue weighted by Crippen LogP contribution is -2.42. The molecule has 0 radical (unpaired) electrons. The number of hydrogen-bond donors (Lipinski definition) is 3. The summed E-state index contributed by atoms with van der Waals surface area (Å²) in [5.74, 6) is 0.491. The van der Waals surface area contributed by atoms with Crippen LogP contribution in [-0.4, -0.2) is 28.7 Å². The van der Waals surface area contributed by atoms with Gasteiger partial charge >= 0.3 is 0 Å². The number of carbonyl (C=O) groups is 1. The van der Waals surface area contributed by atoms with Crippen molar-refractivity contribution in [2.75, 3.05) is 6.54 Å². The van der Waals surface area contributed by atoms with E-state index >= 15 is 0 Å². The third-order valence-corrected chi connectivity index (χ3v) is 4.05. The Morgan fingerprint density at radius 2 is 2.24 bits per heavy atom. The van der Waals surface area contributed by atoms with Crippen molar-refractivity contribution in [1.82, 2.24) is 20.8 Å². The van der Waals surface area contributed by atoms with Gasteiger partial charge in [0.2, 0.25) is 5.91 Å². The number of rotatable bonds is 7. The molecule has 2 aromatic heterocycles. The molecule has 1 atom stereocenters. The van der Waals surface area contributed by atoms with Crippen molar-refractivity contribution in [3.8, 4) is 10.6 Å². The van der Waals surface area contributed by atoms with Gasteiger partial charge in [0.1, 0.15) is 0 Å². The third-order valence-electron chi connectivity index (χ3n) is 3.16. The first kappa shape index (κ1) is 15.7. The minimum Gasteiger partial charge on any atom is -0.354 e. The Hall–Kier alpha value is -1.66. The Morgan fingerprint density at radius 1 is 1.43 bits per heavy atom. The number of nitrogens with one attached hydrogen (secondary N) is 3.